The molecule has 1 nitrogen and oxygen atoms in total. The van der Waals surface area contributed by atoms with Crippen LogP contribution in [0.3, 0.4) is 0 Å². The Morgan fingerprint density at radius 1 is 0.962 bits per heavy atom. The molecule has 0 amide bonds. The van der Waals surface area contributed by atoms with Crippen LogP contribution >= 0.6 is 15.9 Å². The highest BCUT2D eigenvalue weighted by Crippen LogP contribution is 2.34. The molecule has 1 unspecified atom stereocenters. The van der Waals surface area contributed by atoms with Gasteiger partial charge in [-0.15, -0.1) is 0 Å². The number of aromatic amines is 1. The molecule has 26 heavy (non-hydrogen) atoms. The second-order valence-corrected chi connectivity index (χ2v) is 9.27. The topological polar surface area (TPSA) is 15.8 Å². The van der Waals surface area contributed by atoms with E-state index < -0.39 is 0 Å². The van der Waals surface area contributed by atoms with Crippen molar-refractivity contribution >= 4 is 26.8 Å². The van der Waals surface area contributed by atoms with Crippen LogP contribution in [0.25, 0.3) is 10.9 Å². The third-order valence-electron chi connectivity index (χ3n) is 6.22. The van der Waals surface area contributed by atoms with Gasteiger partial charge in [0.15, 0.2) is 0 Å². The fourth-order valence-corrected chi connectivity index (χ4v) is 5.00. The molecular formula is C24H36BrN. The normalized spacial score (nSPS) is 16.9. The summed E-state index contributed by atoms with van der Waals surface area (Å²) in [4.78, 5) is 3.69. The van der Waals surface area contributed by atoms with Crippen LogP contribution in [0.5, 0.6) is 0 Å². The van der Waals surface area contributed by atoms with E-state index in [9.17, 15) is 0 Å². The maximum Gasteiger partial charge on any atom is 0.0459 e. The van der Waals surface area contributed by atoms with E-state index in [0.717, 1.165) is 5.92 Å². The Labute approximate surface area is 168 Å². The van der Waals surface area contributed by atoms with Crippen LogP contribution in [0.2, 0.25) is 0 Å². The van der Waals surface area contributed by atoms with Gasteiger partial charge < -0.3 is 4.98 Å². The fourth-order valence-electron chi connectivity index (χ4n) is 4.64. The fraction of sp³-hybridized carbons (Fsp3) is 0.667. The Morgan fingerprint density at radius 2 is 1.65 bits per heavy atom. The van der Waals surface area contributed by atoms with Crippen LogP contribution in [0.1, 0.15) is 95.2 Å². The zero-order valence-corrected chi connectivity index (χ0v) is 18.2. The third-order valence-corrected chi connectivity index (χ3v) is 6.71. The summed E-state index contributed by atoms with van der Waals surface area (Å²) in [5.41, 5.74) is 4.42. The van der Waals surface area contributed by atoms with Crippen LogP contribution in [0.4, 0.5) is 0 Å². The average molecular weight is 418 g/mol. The smallest absolute Gasteiger partial charge is 0.0459 e. The van der Waals surface area contributed by atoms with Gasteiger partial charge in [0.2, 0.25) is 0 Å². The number of H-pyrrole nitrogens is 1. The highest BCUT2D eigenvalue weighted by Gasteiger charge is 2.22. The van der Waals surface area contributed by atoms with E-state index in [2.05, 4.69) is 46.0 Å². The van der Waals surface area contributed by atoms with E-state index in [4.69, 9.17) is 0 Å². The molecule has 0 aliphatic heterocycles. The average Bonchev–Trinajstić information content (AvgIpc) is 3.00. The zero-order chi connectivity index (χ0) is 18.2. The predicted molar refractivity (Wildman–Crippen MR) is 118 cm³/mol. The SMILES string of the molecule is CCCCCCCCCCCCC1CCc2c([nH]c3ccc(Br)cc23)C1. The summed E-state index contributed by atoms with van der Waals surface area (Å²) in [6.07, 6.45) is 19.7. The van der Waals surface area contributed by atoms with Gasteiger partial charge in [0.25, 0.3) is 0 Å². The van der Waals surface area contributed by atoms with Crippen LogP contribution in [-0.2, 0) is 12.8 Å². The molecule has 2 aromatic rings. The predicted octanol–water partition coefficient (Wildman–Crippen LogP) is 8.35. The highest BCUT2D eigenvalue weighted by molar-refractivity contribution is 9.10. The van der Waals surface area contributed by atoms with E-state index in [1.54, 1.807) is 5.56 Å². The van der Waals surface area contributed by atoms with Crippen LogP contribution in [0, 0.1) is 5.92 Å². The molecule has 0 saturated heterocycles. The van der Waals surface area contributed by atoms with Crippen LogP contribution in [-0.4, -0.2) is 4.98 Å². The Kier molecular flexibility index (Phi) is 8.10. The first-order valence-electron chi connectivity index (χ1n) is 11.1. The molecule has 1 aliphatic rings. The van der Waals surface area contributed by atoms with Crippen molar-refractivity contribution in [2.75, 3.05) is 0 Å². The number of aromatic nitrogens is 1. The van der Waals surface area contributed by atoms with Gasteiger partial charge in [-0.25, -0.2) is 0 Å². The Morgan fingerprint density at radius 3 is 2.38 bits per heavy atom. The number of halogens is 1. The summed E-state index contributed by atoms with van der Waals surface area (Å²) < 4.78 is 1.19. The summed E-state index contributed by atoms with van der Waals surface area (Å²) in [6, 6.07) is 6.65. The number of unbranched alkanes of at least 4 members (excludes halogenated alkanes) is 9. The quantitative estimate of drug-likeness (QED) is 0.353. The summed E-state index contributed by atoms with van der Waals surface area (Å²) >= 11 is 3.62. The van der Waals surface area contributed by atoms with E-state index in [1.165, 1.54) is 111 Å². The van der Waals surface area contributed by atoms with Gasteiger partial charge in [-0.3, -0.25) is 0 Å². The molecule has 0 spiro atoms. The molecule has 3 rings (SSSR count). The van der Waals surface area contributed by atoms with Crippen molar-refractivity contribution in [3.05, 3.63) is 33.9 Å². The molecule has 0 saturated carbocycles. The molecule has 2 heteroatoms. The van der Waals surface area contributed by atoms with Gasteiger partial charge in [-0.05, 0) is 48.9 Å². The minimum Gasteiger partial charge on any atom is -0.358 e. The monoisotopic (exact) mass is 417 g/mol. The largest absolute Gasteiger partial charge is 0.358 e. The van der Waals surface area contributed by atoms with Gasteiger partial charge in [-0.1, -0.05) is 93.5 Å². The van der Waals surface area contributed by atoms with Crippen LogP contribution in [0.15, 0.2) is 22.7 Å². The highest BCUT2D eigenvalue weighted by atomic mass is 79.9. The van der Waals surface area contributed by atoms with E-state index in [0.29, 0.717) is 0 Å². The van der Waals surface area contributed by atoms with E-state index in [-0.39, 0.29) is 0 Å². The van der Waals surface area contributed by atoms with Gasteiger partial charge in [0, 0.05) is 21.1 Å². The molecule has 1 aromatic heterocycles. The standard InChI is InChI=1S/C24H36BrN/c1-2-3-4-5-6-7-8-9-10-11-12-19-13-15-21-22-18-20(25)14-16-23(22)26-24(21)17-19/h14,16,18-19,26H,2-13,15,17H2,1H3. The third kappa shape index (κ3) is 5.62. The lowest BCUT2D eigenvalue weighted by molar-refractivity contribution is 0.401. The number of fused-ring (bicyclic) bond motifs is 3. The molecule has 1 heterocycles. The number of hydrogen-bond donors (Lipinski definition) is 1. The Hall–Kier alpha value is -0.760. The molecule has 1 aromatic carbocycles. The summed E-state index contributed by atoms with van der Waals surface area (Å²) in [6.45, 7) is 2.30. The Bertz CT molecular complexity index is 672. The summed E-state index contributed by atoms with van der Waals surface area (Å²) in [7, 11) is 0. The lowest BCUT2D eigenvalue weighted by atomic mass is 9.84. The van der Waals surface area contributed by atoms with Crippen molar-refractivity contribution in [2.45, 2.75) is 96.8 Å². The van der Waals surface area contributed by atoms with Crippen molar-refractivity contribution in [1.29, 1.82) is 0 Å². The molecule has 1 aliphatic carbocycles. The van der Waals surface area contributed by atoms with Gasteiger partial charge in [0.1, 0.15) is 0 Å². The van der Waals surface area contributed by atoms with Crippen molar-refractivity contribution in [3.8, 4) is 0 Å². The van der Waals surface area contributed by atoms with Gasteiger partial charge in [-0.2, -0.15) is 0 Å². The van der Waals surface area contributed by atoms with Gasteiger partial charge in [0.05, 0.1) is 0 Å². The maximum absolute atomic E-state index is 3.69. The minimum atomic E-state index is 0.896. The first-order chi connectivity index (χ1) is 12.8. The number of hydrogen-bond acceptors (Lipinski definition) is 0. The van der Waals surface area contributed by atoms with Gasteiger partial charge >= 0.3 is 0 Å². The minimum absolute atomic E-state index is 0.896. The lowest BCUT2D eigenvalue weighted by Crippen LogP contribution is -2.13. The zero-order valence-electron chi connectivity index (χ0n) is 16.6. The number of benzene rings is 1. The van der Waals surface area contributed by atoms with Crippen molar-refractivity contribution in [1.82, 2.24) is 4.98 Å². The second kappa shape index (κ2) is 10.5. The molecule has 1 atom stereocenters. The van der Waals surface area contributed by atoms with Crippen molar-refractivity contribution in [2.24, 2.45) is 5.92 Å². The first-order valence-corrected chi connectivity index (χ1v) is 11.9. The molecule has 1 N–H and O–H groups in total. The molecular weight excluding hydrogens is 382 g/mol. The molecule has 144 valence electrons. The molecule has 0 radical (unpaired) electrons. The van der Waals surface area contributed by atoms with E-state index >= 15 is 0 Å². The lowest BCUT2D eigenvalue weighted by Gasteiger charge is -2.22. The number of rotatable bonds is 11. The Balaban J connectivity index is 1.32. The van der Waals surface area contributed by atoms with E-state index in [1.807, 2.05) is 0 Å². The summed E-state index contributed by atoms with van der Waals surface area (Å²) in [5, 5.41) is 1.44. The maximum atomic E-state index is 3.69. The number of nitrogens with one attached hydrogen (secondary N) is 1. The molecule has 0 bridgehead atoms. The molecule has 0 fully saturated rings. The first kappa shape index (κ1) is 20.0. The van der Waals surface area contributed by atoms with Crippen molar-refractivity contribution in [3.63, 3.8) is 0 Å². The number of aryl methyl sites for hydroxylation is 1. The van der Waals surface area contributed by atoms with Crippen molar-refractivity contribution < 1.29 is 0 Å². The second-order valence-electron chi connectivity index (χ2n) is 8.35. The summed E-state index contributed by atoms with van der Waals surface area (Å²) in [5.74, 6) is 0.896. The van der Waals surface area contributed by atoms with Crippen LogP contribution < -0.4 is 0 Å².